The average molecular weight is 604 g/mol. The third kappa shape index (κ3) is 7.18. The fourth-order valence-corrected chi connectivity index (χ4v) is 4.38. The summed E-state index contributed by atoms with van der Waals surface area (Å²) in [4.78, 5) is 67.3. The first-order chi connectivity index (χ1) is 20.9. The number of benzene rings is 3. The van der Waals surface area contributed by atoms with E-state index in [1.807, 2.05) is 18.3 Å². The van der Waals surface area contributed by atoms with Crippen LogP contribution >= 0.6 is 0 Å². The summed E-state index contributed by atoms with van der Waals surface area (Å²) >= 11 is 0. The Balaban J connectivity index is 1.62. The number of hydrogen-bond donors (Lipinski definition) is 4. The zero-order valence-electron chi connectivity index (χ0n) is 23.3. The Hall–Kier alpha value is -5.72. The van der Waals surface area contributed by atoms with Gasteiger partial charge in [0.25, 0.3) is 5.56 Å². The van der Waals surface area contributed by atoms with Crippen LogP contribution < -0.4 is 21.9 Å². The lowest BCUT2D eigenvalue weighted by molar-refractivity contribution is -0.157. The van der Waals surface area contributed by atoms with Crippen molar-refractivity contribution in [2.45, 2.75) is 31.9 Å². The van der Waals surface area contributed by atoms with E-state index in [0.717, 1.165) is 22.4 Å². The number of carbonyl (C=O) groups excluding carboxylic acids is 3. The number of nitrogens with zero attached hydrogens (tertiary/aromatic N) is 2. The van der Waals surface area contributed by atoms with Crippen LogP contribution in [0.2, 0.25) is 0 Å². The second-order valence-corrected chi connectivity index (χ2v) is 9.89. The molecule has 3 aromatic carbocycles. The van der Waals surface area contributed by atoms with Gasteiger partial charge in [-0.25, -0.2) is 9.78 Å². The number of hydrogen-bond acceptors (Lipinski definition) is 7. The van der Waals surface area contributed by atoms with E-state index < -0.39 is 54.1 Å². The van der Waals surface area contributed by atoms with Crippen molar-refractivity contribution in [2.75, 3.05) is 11.1 Å². The molecular formula is C31H27F2N5O6. The van der Waals surface area contributed by atoms with Crippen LogP contribution in [-0.4, -0.2) is 50.2 Å². The van der Waals surface area contributed by atoms with Crippen molar-refractivity contribution in [3.05, 3.63) is 112 Å². The predicted octanol–water partition coefficient (Wildman–Crippen LogP) is 3.07. The van der Waals surface area contributed by atoms with E-state index >= 15 is 8.78 Å². The number of nitrogens with one attached hydrogen (secondary N) is 2. The van der Waals surface area contributed by atoms with Gasteiger partial charge in [0.1, 0.15) is 18.1 Å². The number of aromatic carboxylic acids is 1. The van der Waals surface area contributed by atoms with Crippen LogP contribution in [0.1, 0.15) is 21.5 Å². The van der Waals surface area contributed by atoms with Gasteiger partial charge in [0.05, 0.1) is 17.8 Å². The first-order valence-electron chi connectivity index (χ1n) is 13.2. The molecule has 4 rings (SSSR count). The molecule has 13 heteroatoms. The zero-order valence-corrected chi connectivity index (χ0v) is 23.3. The number of ketones is 1. The van der Waals surface area contributed by atoms with Crippen molar-refractivity contribution in [3.8, 4) is 11.4 Å². The van der Waals surface area contributed by atoms with E-state index in [1.54, 1.807) is 48.5 Å². The van der Waals surface area contributed by atoms with E-state index in [4.69, 9.17) is 10.8 Å². The lowest BCUT2D eigenvalue weighted by Crippen LogP contribution is -2.54. The number of alkyl halides is 2. The van der Waals surface area contributed by atoms with Crippen molar-refractivity contribution in [3.63, 3.8) is 0 Å². The zero-order chi connectivity index (χ0) is 32.0. The number of nitrogen functional groups attached to an aromatic ring is 1. The number of aromatic nitrogens is 2. The Bertz CT molecular complexity index is 1790. The normalized spacial score (nSPS) is 11.8. The highest BCUT2D eigenvalue weighted by molar-refractivity contribution is 6.15. The van der Waals surface area contributed by atoms with Crippen LogP contribution in [0.5, 0.6) is 0 Å². The summed E-state index contributed by atoms with van der Waals surface area (Å²) in [6, 6.07) is 17.5. The Morgan fingerprint density at radius 3 is 2.39 bits per heavy atom. The van der Waals surface area contributed by atoms with Crippen molar-refractivity contribution < 1.29 is 33.1 Å². The summed E-state index contributed by atoms with van der Waals surface area (Å²) < 4.78 is 31.6. The minimum absolute atomic E-state index is 0.0854. The molecule has 5 N–H and O–H groups in total. The Morgan fingerprint density at radius 2 is 1.70 bits per heavy atom. The highest BCUT2D eigenvalue weighted by atomic mass is 19.3. The van der Waals surface area contributed by atoms with Gasteiger partial charge in [-0.05, 0) is 36.8 Å². The van der Waals surface area contributed by atoms with Crippen molar-refractivity contribution in [1.29, 1.82) is 0 Å². The maximum atomic E-state index is 15.3. The molecule has 2 amide bonds. The van der Waals surface area contributed by atoms with E-state index in [0.29, 0.717) is 11.1 Å². The molecule has 0 saturated heterocycles. The highest BCUT2D eigenvalue weighted by Crippen LogP contribution is 2.23. The van der Waals surface area contributed by atoms with Gasteiger partial charge in [-0.15, -0.1) is 0 Å². The quantitative estimate of drug-likeness (QED) is 0.189. The molecule has 1 heterocycles. The molecule has 0 aliphatic carbocycles. The molecule has 0 radical (unpaired) electrons. The molecule has 226 valence electrons. The van der Waals surface area contributed by atoms with E-state index in [1.165, 1.54) is 18.2 Å². The summed E-state index contributed by atoms with van der Waals surface area (Å²) in [5, 5.41) is 13.2. The SMILES string of the molecule is Cc1cccc(-c2ncc(N)c(=O)n2CC(=O)NC(Cc2ccccc2)C(=O)C(F)(F)C(=O)Nc2cccc(C(=O)O)c2)c1. The molecule has 0 aliphatic heterocycles. The molecule has 11 nitrogen and oxygen atoms in total. The van der Waals surface area contributed by atoms with Gasteiger partial charge in [0.2, 0.25) is 11.7 Å². The van der Waals surface area contributed by atoms with Gasteiger partial charge in [0.15, 0.2) is 0 Å². The summed E-state index contributed by atoms with van der Waals surface area (Å²) in [5.74, 6) is -10.8. The topological polar surface area (TPSA) is 173 Å². The fraction of sp³-hybridized carbons (Fsp3) is 0.161. The Morgan fingerprint density at radius 1 is 1.00 bits per heavy atom. The van der Waals surface area contributed by atoms with Gasteiger partial charge in [-0.2, -0.15) is 8.78 Å². The number of nitrogens with two attached hydrogens (primary N) is 1. The van der Waals surface area contributed by atoms with Crippen LogP contribution in [0, 0.1) is 6.92 Å². The Kier molecular flexibility index (Phi) is 9.27. The summed E-state index contributed by atoms with van der Waals surface area (Å²) in [5.41, 5.74) is 5.91. The fourth-order valence-electron chi connectivity index (χ4n) is 4.38. The standard InChI is InChI=1S/C31H27F2N5O6/c1-18-7-5-10-20(13-18)27-35-16-23(34)28(41)38(27)17-25(39)37-24(14-19-8-3-2-4-9-19)26(40)31(32,33)30(44)36-22-12-6-11-21(15-22)29(42)43/h2-13,15-16,24H,14,17,34H2,1H3,(H,36,44)(H,37,39)(H,42,43). The molecule has 0 saturated carbocycles. The number of anilines is 2. The lowest BCUT2D eigenvalue weighted by Gasteiger charge is -2.23. The number of aryl methyl sites for hydroxylation is 1. The summed E-state index contributed by atoms with van der Waals surface area (Å²) in [6.07, 6.45) is 0.735. The van der Waals surface area contributed by atoms with Crippen molar-refractivity contribution >= 4 is 34.9 Å². The van der Waals surface area contributed by atoms with E-state index in [2.05, 4.69) is 10.3 Å². The maximum absolute atomic E-state index is 15.3. The molecule has 1 atom stereocenters. The molecule has 0 aliphatic rings. The minimum Gasteiger partial charge on any atom is -0.478 e. The van der Waals surface area contributed by atoms with Gasteiger partial charge >= 0.3 is 17.8 Å². The van der Waals surface area contributed by atoms with Crippen LogP contribution in [0.4, 0.5) is 20.2 Å². The predicted molar refractivity (Wildman–Crippen MR) is 157 cm³/mol. The van der Waals surface area contributed by atoms with Gasteiger partial charge < -0.3 is 21.5 Å². The second kappa shape index (κ2) is 13.1. The number of carboxylic acid groups (broad SMARTS) is 1. The highest BCUT2D eigenvalue weighted by Gasteiger charge is 2.50. The van der Waals surface area contributed by atoms with Crippen LogP contribution in [-0.2, 0) is 27.3 Å². The first-order valence-corrected chi connectivity index (χ1v) is 13.2. The molecule has 1 unspecified atom stereocenters. The molecule has 4 aromatic rings. The van der Waals surface area contributed by atoms with Gasteiger partial charge in [-0.3, -0.25) is 23.7 Å². The molecule has 44 heavy (non-hydrogen) atoms. The lowest BCUT2D eigenvalue weighted by atomic mass is 9.98. The molecule has 0 bridgehead atoms. The van der Waals surface area contributed by atoms with Gasteiger partial charge in [-0.1, -0.05) is 60.2 Å². The third-order valence-electron chi connectivity index (χ3n) is 6.55. The Labute approximate surface area is 249 Å². The first kappa shape index (κ1) is 31.2. The number of Topliss-reactive ketones (excluding diaryl/α,β-unsaturated/α-hetero) is 1. The van der Waals surface area contributed by atoms with E-state index in [-0.39, 0.29) is 22.8 Å². The van der Waals surface area contributed by atoms with Crippen LogP contribution in [0.3, 0.4) is 0 Å². The number of rotatable bonds is 11. The number of amides is 2. The van der Waals surface area contributed by atoms with Crippen molar-refractivity contribution in [1.82, 2.24) is 14.9 Å². The van der Waals surface area contributed by atoms with Crippen molar-refractivity contribution in [2.24, 2.45) is 0 Å². The largest absolute Gasteiger partial charge is 0.478 e. The summed E-state index contributed by atoms with van der Waals surface area (Å²) in [6.45, 7) is 1.09. The molecule has 0 fully saturated rings. The molecular weight excluding hydrogens is 576 g/mol. The summed E-state index contributed by atoms with van der Waals surface area (Å²) in [7, 11) is 0. The monoisotopic (exact) mass is 603 g/mol. The smallest absolute Gasteiger partial charge is 0.383 e. The third-order valence-corrected chi connectivity index (χ3v) is 6.55. The number of carboxylic acids is 1. The van der Waals surface area contributed by atoms with E-state index in [9.17, 15) is 24.0 Å². The average Bonchev–Trinajstić information content (AvgIpc) is 2.99. The molecule has 1 aromatic heterocycles. The number of halogens is 2. The second-order valence-electron chi connectivity index (χ2n) is 9.89. The maximum Gasteiger partial charge on any atom is 0.383 e. The van der Waals surface area contributed by atoms with Gasteiger partial charge in [0, 0.05) is 17.7 Å². The van der Waals surface area contributed by atoms with Crippen LogP contribution in [0.25, 0.3) is 11.4 Å². The number of carbonyl (C=O) groups is 4. The minimum atomic E-state index is -4.64. The molecule has 0 spiro atoms. The van der Waals surface area contributed by atoms with Crippen LogP contribution in [0.15, 0.2) is 89.9 Å².